The molecule has 0 amide bonds. The van der Waals surface area contributed by atoms with Gasteiger partial charge in [0.15, 0.2) is 0 Å². The monoisotopic (exact) mass is 300 g/mol. The summed E-state index contributed by atoms with van der Waals surface area (Å²) in [6.07, 6.45) is 7.74. The average molecular weight is 300 g/mol. The van der Waals surface area contributed by atoms with Crippen LogP contribution in [0.1, 0.15) is 85.5 Å². The number of unbranched alkanes of at least 4 members (excludes halogenated alkanes) is 4. The zero-order valence-electron chi connectivity index (χ0n) is 14.1. The van der Waals surface area contributed by atoms with Gasteiger partial charge in [0.25, 0.3) is 0 Å². The molecule has 0 rings (SSSR count). The summed E-state index contributed by atoms with van der Waals surface area (Å²) in [6, 6.07) is 0. The van der Waals surface area contributed by atoms with E-state index in [9.17, 15) is 19.8 Å². The van der Waals surface area contributed by atoms with E-state index in [1.165, 1.54) is 0 Å². The molecule has 0 bridgehead atoms. The van der Waals surface area contributed by atoms with Crippen LogP contribution in [0.3, 0.4) is 0 Å². The molecule has 0 aliphatic heterocycles. The molecular weight excluding hydrogens is 268 g/mol. The second kappa shape index (κ2) is 9.06. The molecule has 2 unspecified atom stereocenters. The molecule has 4 nitrogen and oxygen atoms in total. The van der Waals surface area contributed by atoms with Crippen molar-refractivity contribution in [3.05, 3.63) is 0 Å². The first-order chi connectivity index (χ1) is 9.72. The SMILES string of the molecule is CCC(C)(CCCCCCCC(C)(CC)C(=O)O)C(=O)O. The number of carbonyl (C=O) groups is 2. The highest BCUT2D eigenvalue weighted by atomic mass is 16.4. The van der Waals surface area contributed by atoms with E-state index in [-0.39, 0.29) is 0 Å². The molecule has 0 heterocycles. The van der Waals surface area contributed by atoms with E-state index in [1.807, 2.05) is 27.7 Å². The summed E-state index contributed by atoms with van der Waals surface area (Å²) in [4.78, 5) is 22.3. The van der Waals surface area contributed by atoms with Gasteiger partial charge in [-0.25, -0.2) is 0 Å². The van der Waals surface area contributed by atoms with Crippen LogP contribution in [0.5, 0.6) is 0 Å². The zero-order chi connectivity index (χ0) is 16.5. The van der Waals surface area contributed by atoms with Crippen molar-refractivity contribution in [2.75, 3.05) is 0 Å². The van der Waals surface area contributed by atoms with Gasteiger partial charge in [-0.3, -0.25) is 9.59 Å². The predicted molar refractivity (Wildman–Crippen MR) is 84.4 cm³/mol. The first kappa shape index (κ1) is 19.9. The first-order valence-corrected chi connectivity index (χ1v) is 8.18. The maximum absolute atomic E-state index is 11.2. The van der Waals surface area contributed by atoms with Crippen LogP contribution < -0.4 is 0 Å². The van der Waals surface area contributed by atoms with E-state index < -0.39 is 22.8 Å². The summed E-state index contributed by atoms with van der Waals surface area (Å²) in [5.41, 5.74) is -1.19. The van der Waals surface area contributed by atoms with Crippen molar-refractivity contribution in [3.8, 4) is 0 Å². The molecule has 2 atom stereocenters. The van der Waals surface area contributed by atoms with Crippen molar-refractivity contribution in [2.45, 2.75) is 85.5 Å². The van der Waals surface area contributed by atoms with Crippen molar-refractivity contribution in [3.63, 3.8) is 0 Å². The smallest absolute Gasteiger partial charge is 0.309 e. The molecular formula is C17H32O4. The van der Waals surface area contributed by atoms with Crippen LogP contribution in [0.2, 0.25) is 0 Å². The van der Waals surface area contributed by atoms with E-state index in [1.54, 1.807) is 0 Å². The maximum atomic E-state index is 11.2. The zero-order valence-corrected chi connectivity index (χ0v) is 14.1. The Kier molecular flexibility index (Phi) is 8.60. The molecule has 2 N–H and O–H groups in total. The van der Waals surface area contributed by atoms with Gasteiger partial charge in [0.2, 0.25) is 0 Å². The Labute approximate surface area is 128 Å². The van der Waals surface area contributed by atoms with Gasteiger partial charge >= 0.3 is 11.9 Å². The van der Waals surface area contributed by atoms with Gasteiger partial charge in [-0.05, 0) is 39.5 Å². The van der Waals surface area contributed by atoms with E-state index in [4.69, 9.17) is 0 Å². The average Bonchev–Trinajstić information content (AvgIpc) is 2.45. The van der Waals surface area contributed by atoms with Crippen molar-refractivity contribution >= 4 is 11.9 Å². The molecule has 0 aliphatic carbocycles. The van der Waals surface area contributed by atoms with Crippen LogP contribution in [0.4, 0.5) is 0 Å². The number of aliphatic carboxylic acids is 2. The van der Waals surface area contributed by atoms with Crippen LogP contribution in [-0.2, 0) is 9.59 Å². The molecule has 0 saturated carbocycles. The number of rotatable bonds is 12. The van der Waals surface area contributed by atoms with Crippen LogP contribution in [0.15, 0.2) is 0 Å². The molecule has 21 heavy (non-hydrogen) atoms. The molecule has 0 aliphatic rings. The van der Waals surface area contributed by atoms with Gasteiger partial charge in [-0.2, -0.15) is 0 Å². The molecule has 0 spiro atoms. The van der Waals surface area contributed by atoms with Crippen LogP contribution >= 0.6 is 0 Å². The minimum Gasteiger partial charge on any atom is -0.481 e. The van der Waals surface area contributed by atoms with Crippen molar-refractivity contribution < 1.29 is 19.8 Å². The van der Waals surface area contributed by atoms with Gasteiger partial charge in [0, 0.05) is 0 Å². The highest BCUT2D eigenvalue weighted by Gasteiger charge is 2.31. The van der Waals surface area contributed by atoms with E-state index in [0.29, 0.717) is 12.8 Å². The van der Waals surface area contributed by atoms with Crippen LogP contribution in [0, 0.1) is 10.8 Å². The lowest BCUT2D eigenvalue weighted by atomic mass is 9.81. The number of hydrogen-bond acceptors (Lipinski definition) is 2. The van der Waals surface area contributed by atoms with Crippen molar-refractivity contribution in [1.29, 1.82) is 0 Å². The van der Waals surface area contributed by atoms with Crippen molar-refractivity contribution in [2.24, 2.45) is 10.8 Å². The Balaban J connectivity index is 3.84. The predicted octanol–water partition coefficient (Wildman–Crippen LogP) is 4.72. The highest BCUT2D eigenvalue weighted by molar-refractivity contribution is 5.74. The minimum absolute atomic E-state index is 0.593. The second-order valence-electron chi connectivity index (χ2n) is 6.71. The number of carboxylic acids is 2. The molecule has 0 radical (unpaired) electrons. The normalized spacial score (nSPS) is 17.0. The summed E-state index contributed by atoms with van der Waals surface area (Å²) in [5.74, 6) is -1.41. The van der Waals surface area contributed by atoms with Gasteiger partial charge in [0.1, 0.15) is 0 Å². The van der Waals surface area contributed by atoms with E-state index >= 15 is 0 Å². The first-order valence-electron chi connectivity index (χ1n) is 8.18. The summed E-state index contributed by atoms with van der Waals surface area (Å²) in [6.45, 7) is 7.47. The lowest BCUT2D eigenvalue weighted by Gasteiger charge is -2.23. The van der Waals surface area contributed by atoms with Crippen LogP contribution in [0.25, 0.3) is 0 Å². The maximum Gasteiger partial charge on any atom is 0.309 e. The lowest BCUT2D eigenvalue weighted by molar-refractivity contribution is -0.149. The largest absolute Gasteiger partial charge is 0.481 e. The van der Waals surface area contributed by atoms with Gasteiger partial charge in [-0.15, -0.1) is 0 Å². The molecule has 0 aromatic rings. The third kappa shape index (κ3) is 6.49. The van der Waals surface area contributed by atoms with E-state index in [0.717, 1.165) is 44.9 Å². The fourth-order valence-corrected chi connectivity index (χ4v) is 2.43. The summed E-state index contributed by atoms with van der Waals surface area (Å²) < 4.78 is 0. The summed E-state index contributed by atoms with van der Waals surface area (Å²) in [5, 5.41) is 18.4. The molecule has 124 valence electrons. The Morgan fingerprint density at radius 2 is 1.00 bits per heavy atom. The molecule has 0 aromatic heterocycles. The van der Waals surface area contributed by atoms with E-state index in [2.05, 4.69) is 0 Å². The van der Waals surface area contributed by atoms with Crippen molar-refractivity contribution in [1.82, 2.24) is 0 Å². The Morgan fingerprint density at radius 3 is 1.24 bits per heavy atom. The highest BCUT2D eigenvalue weighted by Crippen LogP contribution is 2.30. The Morgan fingerprint density at radius 1 is 0.714 bits per heavy atom. The van der Waals surface area contributed by atoms with Gasteiger partial charge in [-0.1, -0.05) is 46.0 Å². The molecule has 0 saturated heterocycles. The third-order valence-electron chi connectivity index (χ3n) is 5.05. The fraction of sp³-hybridized carbons (Fsp3) is 0.882. The van der Waals surface area contributed by atoms with Crippen LogP contribution in [-0.4, -0.2) is 22.2 Å². The molecule has 0 fully saturated rings. The summed E-state index contributed by atoms with van der Waals surface area (Å²) in [7, 11) is 0. The topological polar surface area (TPSA) is 74.6 Å². The molecule has 0 aromatic carbocycles. The quantitative estimate of drug-likeness (QED) is 0.511. The lowest BCUT2D eigenvalue weighted by Crippen LogP contribution is -2.26. The minimum atomic E-state index is -0.704. The second-order valence-corrected chi connectivity index (χ2v) is 6.71. The Bertz CT molecular complexity index is 308. The fourth-order valence-electron chi connectivity index (χ4n) is 2.43. The number of carboxylic acid groups (broad SMARTS) is 2. The Hall–Kier alpha value is -1.06. The van der Waals surface area contributed by atoms with Gasteiger partial charge < -0.3 is 10.2 Å². The third-order valence-corrected chi connectivity index (χ3v) is 5.05. The summed E-state index contributed by atoms with van der Waals surface area (Å²) >= 11 is 0. The molecule has 4 heteroatoms. The van der Waals surface area contributed by atoms with Gasteiger partial charge in [0.05, 0.1) is 10.8 Å². The standard InChI is InChI=1S/C17H32O4/c1-5-16(3,14(18)19)12-10-8-7-9-11-13-17(4,6-2)15(20)21/h5-13H2,1-4H3,(H,18,19)(H,20,21). The number of hydrogen-bond donors (Lipinski definition) is 2.